The highest BCUT2D eigenvalue weighted by atomic mass is 79.9. The van der Waals surface area contributed by atoms with Crippen molar-refractivity contribution in [3.63, 3.8) is 0 Å². The van der Waals surface area contributed by atoms with Crippen molar-refractivity contribution in [2.24, 2.45) is 4.99 Å². The Kier molecular flexibility index (Phi) is 5.75. The normalized spacial score (nSPS) is 21.0. The average molecular weight is 495 g/mol. The van der Waals surface area contributed by atoms with E-state index in [1.54, 1.807) is 19.2 Å². The van der Waals surface area contributed by atoms with Crippen LogP contribution < -0.4 is 5.32 Å². The maximum atomic E-state index is 13.7. The van der Waals surface area contributed by atoms with E-state index in [1.807, 2.05) is 10.3 Å². The van der Waals surface area contributed by atoms with Gasteiger partial charge in [0.15, 0.2) is 10.8 Å². The van der Waals surface area contributed by atoms with E-state index < -0.39 is 23.4 Å². The molecular formula is C20H20BrFN4O3S. The zero-order valence-corrected chi connectivity index (χ0v) is 18.8. The Morgan fingerprint density at radius 3 is 2.87 bits per heavy atom. The minimum atomic E-state index is -0.744. The number of β-amino-alcohol motifs (C(OH)–C–C–N with tert-alkyl or cyclic N) is 1. The Hall–Kier alpha value is -2.14. The van der Waals surface area contributed by atoms with Crippen LogP contribution in [-0.2, 0) is 9.53 Å². The summed E-state index contributed by atoms with van der Waals surface area (Å²) < 4.78 is 19.3. The first-order valence-electron chi connectivity index (χ1n) is 9.23. The second kappa shape index (κ2) is 8.18. The van der Waals surface area contributed by atoms with Gasteiger partial charge in [-0.05, 0) is 24.6 Å². The number of methoxy groups -OCH3 is 1. The standard InChI is InChI=1S/C20H20BrFN4O3S/c1-20(28)9-26(10-20)8-14-15(19(27)29-2)16(12-4-3-11(22)7-13(12)21)25-17(24-14)18-23-5-6-30-18/h3-7,16,28H,8-10H2,1-2H3,(H,24,25). The van der Waals surface area contributed by atoms with Crippen LogP contribution in [0.3, 0.4) is 0 Å². The molecule has 10 heteroatoms. The molecule has 1 aromatic heterocycles. The number of thiazole rings is 1. The number of aliphatic hydroxyl groups is 1. The van der Waals surface area contributed by atoms with Crippen LogP contribution in [0.5, 0.6) is 0 Å². The van der Waals surface area contributed by atoms with Crippen LogP contribution >= 0.6 is 27.3 Å². The summed E-state index contributed by atoms with van der Waals surface area (Å²) >= 11 is 4.82. The molecule has 0 radical (unpaired) electrons. The van der Waals surface area contributed by atoms with Crippen LogP contribution in [0.15, 0.2) is 50.5 Å². The van der Waals surface area contributed by atoms with Crippen molar-refractivity contribution < 1.29 is 19.0 Å². The molecule has 3 heterocycles. The second-order valence-electron chi connectivity index (χ2n) is 7.53. The van der Waals surface area contributed by atoms with Crippen LogP contribution in [0.1, 0.15) is 23.5 Å². The number of ether oxygens (including phenoxy) is 1. The van der Waals surface area contributed by atoms with E-state index in [-0.39, 0.29) is 0 Å². The second-order valence-corrected chi connectivity index (χ2v) is 9.28. The van der Waals surface area contributed by atoms with E-state index >= 15 is 0 Å². The lowest BCUT2D eigenvalue weighted by molar-refractivity contribution is -0.136. The van der Waals surface area contributed by atoms with E-state index in [1.165, 1.54) is 30.6 Å². The van der Waals surface area contributed by atoms with Crippen LogP contribution in [0.4, 0.5) is 4.39 Å². The van der Waals surface area contributed by atoms with Gasteiger partial charge in [0.2, 0.25) is 0 Å². The Morgan fingerprint density at radius 1 is 1.50 bits per heavy atom. The average Bonchev–Trinajstić information content (AvgIpc) is 3.20. The Balaban J connectivity index is 1.80. The molecule has 1 atom stereocenters. The number of aliphatic imine (C=N–C) groups is 1. The molecule has 30 heavy (non-hydrogen) atoms. The molecule has 158 valence electrons. The van der Waals surface area contributed by atoms with Gasteiger partial charge in [-0.2, -0.15) is 0 Å². The first kappa shape index (κ1) is 21.1. The van der Waals surface area contributed by atoms with Gasteiger partial charge in [-0.15, -0.1) is 11.3 Å². The molecule has 0 amide bonds. The van der Waals surface area contributed by atoms with Crippen LogP contribution in [0, 0.1) is 5.82 Å². The lowest BCUT2D eigenvalue weighted by Gasteiger charge is -2.45. The zero-order valence-electron chi connectivity index (χ0n) is 16.4. The molecule has 7 nitrogen and oxygen atoms in total. The number of hydrogen-bond donors (Lipinski definition) is 2. The van der Waals surface area contributed by atoms with Gasteiger partial charge in [-0.25, -0.2) is 14.2 Å². The highest BCUT2D eigenvalue weighted by Crippen LogP contribution is 2.37. The number of rotatable bonds is 5. The first-order chi connectivity index (χ1) is 14.3. The fraction of sp³-hybridized carbons (Fsp3) is 0.350. The van der Waals surface area contributed by atoms with Gasteiger partial charge < -0.3 is 15.2 Å². The Labute approximate surface area is 185 Å². The molecular weight excluding hydrogens is 475 g/mol. The summed E-state index contributed by atoms with van der Waals surface area (Å²) in [5.41, 5.74) is 0.864. The van der Waals surface area contributed by atoms with E-state index in [9.17, 15) is 14.3 Å². The quantitative estimate of drug-likeness (QED) is 0.621. The molecule has 1 unspecified atom stereocenters. The topological polar surface area (TPSA) is 87.0 Å². The molecule has 1 fully saturated rings. The lowest BCUT2D eigenvalue weighted by atomic mass is 9.93. The van der Waals surface area contributed by atoms with E-state index in [0.717, 1.165) is 0 Å². The zero-order chi connectivity index (χ0) is 21.5. The molecule has 0 spiro atoms. The van der Waals surface area contributed by atoms with E-state index in [0.29, 0.717) is 51.8 Å². The van der Waals surface area contributed by atoms with Crippen molar-refractivity contribution in [2.75, 3.05) is 26.7 Å². The van der Waals surface area contributed by atoms with E-state index in [2.05, 4.69) is 26.2 Å². The summed E-state index contributed by atoms with van der Waals surface area (Å²) in [6.07, 6.45) is 1.68. The van der Waals surface area contributed by atoms with Crippen molar-refractivity contribution in [3.8, 4) is 0 Å². The third kappa shape index (κ3) is 4.18. The summed E-state index contributed by atoms with van der Waals surface area (Å²) in [4.78, 5) is 23.9. The number of benzene rings is 1. The highest BCUT2D eigenvalue weighted by molar-refractivity contribution is 9.10. The summed E-state index contributed by atoms with van der Waals surface area (Å²) in [7, 11) is 1.32. The summed E-state index contributed by atoms with van der Waals surface area (Å²) in [5, 5.41) is 15.8. The summed E-state index contributed by atoms with van der Waals surface area (Å²) in [6, 6.07) is 3.58. The molecule has 1 aromatic carbocycles. The van der Waals surface area contributed by atoms with Crippen LogP contribution in [0.2, 0.25) is 0 Å². The number of halogens is 2. The van der Waals surface area contributed by atoms with Crippen LogP contribution in [-0.4, -0.2) is 59.1 Å². The SMILES string of the molecule is COC(=O)C1=C(CN2CC(C)(O)C2)NC(c2nccs2)=NC1c1ccc(F)cc1Br. The summed E-state index contributed by atoms with van der Waals surface area (Å²) in [6.45, 7) is 3.15. The number of nitrogens with one attached hydrogen (secondary N) is 1. The lowest BCUT2D eigenvalue weighted by Crippen LogP contribution is -2.60. The van der Waals surface area contributed by atoms with Crippen molar-refractivity contribution in [3.05, 3.63) is 61.9 Å². The molecule has 2 N–H and O–H groups in total. The number of amidine groups is 1. The van der Waals surface area contributed by atoms with Crippen molar-refractivity contribution in [1.82, 2.24) is 15.2 Å². The third-order valence-corrected chi connectivity index (χ3v) is 6.40. The maximum absolute atomic E-state index is 13.7. The number of carbonyl (C=O) groups excluding carboxylic acids is 1. The van der Waals surface area contributed by atoms with Gasteiger partial charge >= 0.3 is 5.97 Å². The minimum Gasteiger partial charge on any atom is -0.466 e. The predicted molar refractivity (Wildman–Crippen MR) is 115 cm³/mol. The monoisotopic (exact) mass is 494 g/mol. The highest BCUT2D eigenvalue weighted by Gasteiger charge is 2.39. The number of esters is 1. The number of likely N-dealkylation sites (tertiary alicyclic amines) is 1. The molecule has 0 aliphatic carbocycles. The number of aromatic nitrogens is 1. The maximum Gasteiger partial charge on any atom is 0.338 e. The van der Waals surface area contributed by atoms with Crippen molar-refractivity contribution in [1.29, 1.82) is 0 Å². The molecule has 2 aromatic rings. The van der Waals surface area contributed by atoms with Crippen molar-refractivity contribution in [2.45, 2.75) is 18.6 Å². The van der Waals surface area contributed by atoms with Gasteiger partial charge in [0, 0.05) is 41.4 Å². The number of carbonyl (C=O) groups is 1. The molecule has 0 bridgehead atoms. The first-order valence-corrected chi connectivity index (χ1v) is 10.9. The van der Waals surface area contributed by atoms with E-state index in [4.69, 9.17) is 9.73 Å². The minimum absolute atomic E-state index is 0.344. The fourth-order valence-electron chi connectivity index (χ4n) is 3.72. The Morgan fingerprint density at radius 2 is 2.27 bits per heavy atom. The van der Waals surface area contributed by atoms with Gasteiger partial charge in [0.25, 0.3) is 0 Å². The molecule has 0 saturated carbocycles. The fourth-order valence-corrected chi connectivity index (χ4v) is 4.88. The molecule has 1 saturated heterocycles. The van der Waals surface area contributed by atoms with Gasteiger partial charge in [0.05, 0.1) is 18.3 Å². The molecule has 4 rings (SSSR count). The van der Waals surface area contributed by atoms with Gasteiger partial charge in [0.1, 0.15) is 11.9 Å². The third-order valence-electron chi connectivity index (χ3n) is 4.93. The number of hydrogen-bond acceptors (Lipinski definition) is 8. The van der Waals surface area contributed by atoms with Gasteiger partial charge in [-0.3, -0.25) is 9.89 Å². The molecule has 2 aliphatic rings. The van der Waals surface area contributed by atoms with Gasteiger partial charge in [-0.1, -0.05) is 22.0 Å². The van der Waals surface area contributed by atoms with Crippen LogP contribution in [0.25, 0.3) is 0 Å². The molecule has 2 aliphatic heterocycles. The predicted octanol–water partition coefficient (Wildman–Crippen LogP) is 2.63. The largest absolute Gasteiger partial charge is 0.466 e. The smallest absolute Gasteiger partial charge is 0.338 e. The Bertz CT molecular complexity index is 1030. The number of nitrogens with zero attached hydrogens (tertiary/aromatic N) is 3. The van der Waals surface area contributed by atoms with Crippen molar-refractivity contribution >= 4 is 39.1 Å². The summed E-state index contributed by atoms with van der Waals surface area (Å²) in [5.74, 6) is -0.385.